The van der Waals surface area contributed by atoms with Crippen molar-refractivity contribution >= 4 is 29.2 Å². The molecule has 1 fully saturated rings. The van der Waals surface area contributed by atoms with E-state index < -0.39 is 49.9 Å². The zero-order valence-corrected chi connectivity index (χ0v) is 13.7. The van der Waals surface area contributed by atoms with Gasteiger partial charge in [0.25, 0.3) is 0 Å². The molecule has 10 heteroatoms. The molecular weight excluding hydrogens is 367 g/mol. The van der Waals surface area contributed by atoms with Crippen LogP contribution in [0.25, 0.3) is 0 Å². The van der Waals surface area contributed by atoms with E-state index in [4.69, 9.17) is 42.5 Å². The lowest BCUT2D eigenvalue weighted by molar-refractivity contribution is -0.293. The highest BCUT2D eigenvalue weighted by Gasteiger charge is 2.45. The second kappa shape index (κ2) is 8.30. The van der Waals surface area contributed by atoms with Gasteiger partial charge < -0.3 is 34.6 Å². The molecule has 0 saturated carbocycles. The molecule has 0 unspecified atom stereocenters. The van der Waals surface area contributed by atoms with E-state index in [-0.39, 0.29) is 10.8 Å². The molecule has 1 heterocycles. The zero-order chi connectivity index (χ0) is 17.9. The molecule has 1 aliphatic rings. The number of carbonyl (C=O) groups is 1. The van der Waals surface area contributed by atoms with Crippen molar-refractivity contribution in [1.29, 1.82) is 0 Å². The van der Waals surface area contributed by atoms with Gasteiger partial charge in [-0.05, 0) is 18.2 Å². The van der Waals surface area contributed by atoms with Crippen LogP contribution in [0.3, 0.4) is 0 Å². The summed E-state index contributed by atoms with van der Waals surface area (Å²) in [6.07, 6.45) is -7.58. The van der Waals surface area contributed by atoms with E-state index in [1.807, 2.05) is 0 Å². The Morgan fingerprint density at radius 2 is 1.88 bits per heavy atom. The fourth-order valence-electron chi connectivity index (χ4n) is 2.06. The van der Waals surface area contributed by atoms with Gasteiger partial charge in [-0.2, -0.15) is 0 Å². The summed E-state index contributed by atoms with van der Waals surface area (Å²) in [7, 11) is 0. The number of esters is 1. The van der Waals surface area contributed by atoms with Gasteiger partial charge in [-0.15, -0.1) is 0 Å². The van der Waals surface area contributed by atoms with Gasteiger partial charge in [0.2, 0.25) is 6.29 Å². The Kier molecular flexibility index (Phi) is 6.64. The first kappa shape index (κ1) is 19.2. The Morgan fingerprint density at radius 3 is 2.50 bits per heavy atom. The third kappa shape index (κ3) is 4.48. The maximum Gasteiger partial charge on any atom is 0.346 e. The van der Waals surface area contributed by atoms with Crippen LogP contribution in [0.1, 0.15) is 0 Å². The Labute approximate surface area is 147 Å². The predicted molar refractivity (Wildman–Crippen MR) is 81.8 cm³/mol. The van der Waals surface area contributed by atoms with Crippen LogP contribution in [0, 0.1) is 0 Å². The van der Waals surface area contributed by atoms with Gasteiger partial charge in [-0.1, -0.05) is 23.2 Å². The predicted octanol–water partition coefficient (Wildman–Crippen LogP) is -0.285. The maximum absolute atomic E-state index is 11.8. The Balaban J connectivity index is 1.91. The van der Waals surface area contributed by atoms with E-state index in [0.29, 0.717) is 5.02 Å². The van der Waals surface area contributed by atoms with Crippen molar-refractivity contribution in [3.05, 3.63) is 28.2 Å². The van der Waals surface area contributed by atoms with Gasteiger partial charge >= 0.3 is 5.97 Å². The van der Waals surface area contributed by atoms with E-state index in [1.165, 1.54) is 18.2 Å². The smallest absolute Gasteiger partial charge is 0.346 e. The Hall–Kier alpha value is -1.13. The molecule has 0 aliphatic carbocycles. The summed E-state index contributed by atoms with van der Waals surface area (Å²) in [5, 5.41) is 38.6. The number of carbonyl (C=O) groups excluding carboxylic acids is 1. The van der Waals surface area contributed by atoms with Crippen LogP contribution < -0.4 is 4.74 Å². The van der Waals surface area contributed by atoms with Crippen molar-refractivity contribution in [2.24, 2.45) is 0 Å². The Morgan fingerprint density at radius 1 is 1.17 bits per heavy atom. The number of rotatable bonds is 5. The molecule has 134 valence electrons. The first-order valence-corrected chi connectivity index (χ1v) is 7.67. The molecule has 0 amide bonds. The molecule has 4 N–H and O–H groups in total. The highest BCUT2D eigenvalue weighted by Crippen LogP contribution is 2.27. The monoisotopic (exact) mass is 382 g/mol. The van der Waals surface area contributed by atoms with Crippen molar-refractivity contribution in [3.63, 3.8) is 0 Å². The molecule has 1 saturated heterocycles. The molecule has 24 heavy (non-hydrogen) atoms. The standard InChI is InChI=1S/C14H16Cl2O8/c15-6-1-2-8(7(16)3-6)22-5-10(18)24-14-13(21)12(20)11(19)9(4-17)23-14/h1-3,9,11-14,17,19-21H,4-5H2/t9-,11-,12+,13-,14-/m1/s1. The lowest BCUT2D eigenvalue weighted by atomic mass is 9.99. The van der Waals surface area contributed by atoms with Gasteiger partial charge in [-0.25, -0.2) is 4.79 Å². The lowest BCUT2D eigenvalue weighted by Crippen LogP contribution is -2.59. The number of hydrogen-bond donors (Lipinski definition) is 4. The molecule has 0 radical (unpaired) electrons. The van der Waals surface area contributed by atoms with Crippen molar-refractivity contribution in [3.8, 4) is 5.75 Å². The van der Waals surface area contributed by atoms with Crippen molar-refractivity contribution < 1.29 is 39.4 Å². The quantitative estimate of drug-likeness (QED) is 0.512. The van der Waals surface area contributed by atoms with Gasteiger partial charge in [0.15, 0.2) is 6.61 Å². The van der Waals surface area contributed by atoms with E-state index in [0.717, 1.165) is 0 Å². The number of hydrogen-bond acceptors (Lipinski definition) is 8. The molecule has 0 aromatic heterocycles. The van der Waals surface area contributed by atoms with Crippen LogP contribution in [-0.4, -0.2) is 70.3 Å². The molecule has 1 aliphatic heterocycles. The van der Waals surface area contributed by atoms with Crippen LogP contribution in [-0.2, 0) is 14.3 Å². The van der Waals surface area contributed by atoms with Gasteiger partial charge in [0, 0.05) is 5.02 Å². The summed E-state index contributed by atoms with van der Waals surface area (Å²) >= 11 is 11.6. The summed E-state index contributed by atoms with van der Waals surface area (Å²) in [5.74, 6) is -0.711. The number of ether oxygens (including phenoxy) is 3. The van der Waals surface area contributed by atoms with Crippen molar-refractivity contribution in [1.82, 2.24) is 0 Å². The first-order chi connectivity index (χ1) is 11.3. The number of halogens is 2. The molecule has 2 rings (SSSR count). The van der Waals surface area contributed by atoms with Crippen LogP contribution >= 0.6 is 23.2 Å². The minimum Gasteiger partial charge on any atom is -0.480 e. The number of aliphatic hydroxyl groups excluding tert-OH is 4. The maximum atomic E-state index is 11.8. The molecule has 1 aromatic rings. The summed E-state index contributed by atoms with van der Waals surface area (Å²) < 4.78 is 15.1. The molecule has 1 aromatic carbocycles. The lowest BCUT2D eigenvalue weighted by Gasteiger charge is -2.39. The molecular formula is C14H16Cl2O8. The fraction of sp³-hybridized carbons (Fsp3) is 0.500. The summed E-state index contributed by atoms with van der Waals surface area (Å²) in [4.78, 5) is 11.8. The van der Waals surface area contributed by atoms with Gasteiger partial charge in [0.1, 0.15) is 30.2 Å². The van der Waals surface area contributed by atoms with Crippen LogP contribution in [0.5, 0.6) is 5.75 Å². The first-order valence-electron chi connectivity index (χ1n) is 6.91. The topological polar surface area (TPSA) is 126 Å². The van der Waals surface area contributed by atoms with Crippen molar-refractivity contribution in [2.75, 3.05) is 13.2 Å². The highest BCUT2D eigenvalue weighted by molar-refractivity contribution is 6.35. The minimum atomic E-state index is -1.68. The van der Waals surface area contributed by atoms with Crippen LogP contribution in [0.2, 0.25) is 10.0 Å². The molecule has 5 atom stereocenters. The van der Waals surface area contributed by atoms with Crippen LogP contribution in [0.4, 0.5) is 0 Å². The minimum absolute atomic E-state index is 0.197. The van der Waals surface area contributed by atoms with Gasteiger partial charge in [-0.3, -0.25) is 0 Å². The second-order valence-corrected chi connectivity index (χ2v) is 5.89. The second-order valence-electron chi connectivity index (χ2n) is 5.05. The molecule has 0 spiro atoms. The fourth-order valence-corrected chi connectivity index (χ4v) is 2.52. The molecule has 0 bridgehead atoms. The van der Waals surface area contributed by atoms with E-state index >= 15 is 0 Å². The van der Waals surface area contributed by atoms with E-state index in [9.17, 15) is 20.1 Å². The van der Waals surface area contributed by atoms with Crippen molar-refractivity contribution in [2.45, 2.75) is 30.7 Å². The third-order valence-electron chi connectivity index (χ3n) is 3.34. The van der Waals surface area contributed by atoms with Gasteiger partial charge in [0.05, 0.1) is 11.6 Å². The average Bonchev–Trinajstić information content (AvgIpc) is 2.54. The average molecular weight is 383 g/mol. The van der Waals surface area contributed by atoms with Crippen LogP contribution in [0.15, 0.2) is 18.2 Å². The summed E-state index contributed by atoms with van der Waals surface area (Å²) in [6, 6.07) is 4.42. The summed E-state index contributed by atoms with van der Waals surface area (Å²) in [6.45, 7) is -1.17. The molecule has 8 nitrogen and oxygen atoms in total. The van der Waals surface area contributed by atoms with E-state index in [1.54, 1.807) is 0 Å². The Bertz CT molecular complexity index is 582. The number of benzene rings is 1. The third-order valence-corrected chi connectivity index (χ3v) is 3.87. The highest BCUT2D eigenvalue weighted by atomic mass is 35.5. The summed E-state index contributed by atoms with van der Waals surface area (Å²) in [5.41, 5.74) is 0. The largest absolute Gasteiger partial charge is 0.480 e. The zero-order valence-electron chi connectivity index (χ0n) is 12.2. The SMILES string of the molecule is O=C(COc1ccc(Cl)cc1Cl)O[C@H]1O[C@H](CO)[C@@H](O)[C@H](O)[C@H]1O. The number of aliphatic hydroxyl groups is 4. The normalized spacial score (nSPS) is 30.0. The van der Waals surface area contributed by atoms with E-state index in [2.05, 4.69) is 0 Å².